The molecule has 2 nitrogen and oxygen atoms in total. The topological polar surface area (TPSA) is 29.5 Å². The smallest absolute Gasteiger partial charge is 0.125 e. The van der Waals surface area contributed by atoms with E-state index in [0.29, 0.717) is 12.4 Å². The van der Waals surface area contributed by atoms with Crippen molar-refractivity contribution in [2.24, 2.45) is 0 Å². The van der Waals surface area contributed by atoms with E-state index in [1.165, 1.54) is 5.54 Å². The normalized spacial score (nSPS) is 10.6. The highest BCUT2D eigenvalue weighted by Crippen LogP contribution is 2.17. The lowest BCUT2D eigenvalue weighted by molar-refractivity contribution is 0.270. The maximum Gasteiger partial charge on any atom is 0.125 e. The van der Waals surface area contributed by atoms with Crippen LogP contribution in [0.3, 0.4) is 0 Å². The zero-order chi connectivity index (χ0) is 9.52. The first-order valence-electron chi connectivity index (χ1n) is 3.95. The molecule has 0 radical (unpaired) electrons. The molecule has 0 heterocycles. The van der Waals surface area contributed by atoms with Crippen LogP contribution >= 0.6 is 11.6 Å². The average molecular weight is 199 g/mol. The molecule has 1 aromatic rings. The number of aliphatic hydroxyl groups is 1. The molecule has 3 heteroatoms. The zero-order valence-corrected chi connectivity index (χ0v) is 7.87. The zero-order valence-electron chi connectivity index (χ0n) is 7.11. The fourth-order valence-corrected chi connectivity index (χ4v) is 1.02. The molecular weight excluding hydrogens is 188 g/mol. The van der Waals surface area contributed by atoms with Crippen LogP contribution in [0.1, 0.15) is 5.56 Å². The summed E-state index contributed by atoms with van der Waals surface area (Å²) < 4.78 is 5.34. The lowest BCUT2D eigenvalue weighted by Gasteiger charge is -2.06. The van der Waals surface area contributed by atoms with Gasteiger partial charge in [-0.2, -0.15) is 0 Å². The number of aliphatic hydroxyl groups excluding tert-OH is 1. The fraction of sp³-hybridized carbons (Fsp3) is 0.200. The van der Waals surface area contributed by atoms with Gasteiger partial charge in [-0.25, -0.2) is 0 Å². The second-order valence-electron chi connectivity index (χ2n) is 2.44. The summed E-state index contributed by atoms with van der Waals surface area (Å²) in [6.45, 7) is 0.404. The molecule has 0 unspecified atom stereocenters. The summed E-state index contributed by atoms with van der Waals surface area (Å²) in [5.74, 6) is 0.694. The Morgan fingerprint density at radius 3 is 2.85 bits per heavy atom. The van der Waals surface area contributed by atoms with E-state index in [4.69, 9.17) is 21.4 Å². The van der Waals surface area contributed by atoms with Crippen LogP contribution in [0.15, 0.2) is 35.9 Å². The minimum Gasteiger partial charge on any atom is -0.489 e. The SMILES string of the molecule is OCc1ccccc1OC/C=C/Cl. The van der Waals surface area contributed by atoms with E-state index < -0.39 is 0 Å². The Kier molecular flexibility index (Phi) is 4.36. The Morgan fingerprint density at radius 1 is 1.38 bits per heavy atom. The quantitative estimate of drug-likeness (QED) is 0.805. The van der Waals surface area contributed by atoms with E-state index in [2.05, 4.69) is 0 Å². The van der Waals surface area contributed by atoms with E-state index in [1.54, 1.807) is 6.08 Å². The predicted octanol–water partition coefficient (Wildman–Crippen LogP) is 2.31. The summed E-state index contributed by atoms with van der Waals surface area (Å²) in [6.07, 6.45) is 1.69. The van der Waals surface area contributed by atoms with Crippen LogP contribution in [0.5, 0.6) is 5.75 Å². The summed E-state index contributed by atoms with van der Waals surface area (Å²) in [6, 6.07) is 7.35. The Bertz CT molecular complexity index is 284. The van der Waals surface area contributed by atoms with Crippen LogP contribution in [0.4, 0.5) is 0 Å². The molecule has 1 rings (SSSR count). The molecule has 0 aliphatic heterocycles. The van der Waals surface area contributed by atoms with E-state index in [0.717, 1.165) is 5.56 Å². The highest BCUT2D eigenvalue weighted by Gasteiger charge is 1.98. The van der Waals surface area contributed by atoms with Crippen LogP contribution < -0.4 is 4.74 Å². The summed E-state index contributed by atoms with van der Waals surface area (Å²) >= 11 is 5.33. The summed E-state index contributed by atoms with van der Waals surface area (Å²) in [4.78, 5) is 0. The third kappa shape index (κ3) is 3.09. The molecule has 0 aromatic heterocycles. The molecule has 0 bridgehead atoms. The van der Waals surface area contributed by atoms with Crippen molar-refractivity contribution >= 4 is 11.6 Å². The number of halogens is 1. The van der Waals surface area contributed by atoms with Crippen LogP contribution in [0.25, 0.3) is 0 Å². The fourth-order valence-electron chi connectivity index (χ4n) is 0.950. The average Bonchev–Trinajstić information content (AvgIpc) is 2.19. The van der Waals surface area contributed by atoms with Gasteiger partial charge in [0.1, 0.15) is 12.4 Å². The molecule has 0 saturated heterocycles. The van der Waals surface area contributed by atoms with Crippen molar-refractivity contribution in [2.45, 2.75) is 6.61 Å². The second-order valence-corrected chi connectivity index (χ2v) is 2.69. The van der Waals surface area contributed by atoms with Crippen LogP contribution in [-0.2, 0) is 6.61 Å². The summed E-state index contributed by atoms with van der Waals surface area (Å²) in [5, 5.41) is 8.95. The Hall–Kier alpha value is -0.990. The van der Waals surface area contributed by atoms with Crippen LogP contribution in [-0.4, -0.2) is 11.7 Å². The third-order valence-electron chi connectivity index (χ3n) is 1.57. The van der Waals surface area contributed by atoms with E-state index in [1.807, 2.05) is 24.3 Å². The van der Waals surface area contributed by atoms with Gasteiger partial charge in [0.15, 0.2) is 0 Å². The monoisotopic (exact) mass is 198 g/mol. The molecule has 70 valence electrons. The Morgan fingerprint density at radius 2 is 2.15 bits per heavy atom. The molecule has 0 aliphatic rings. The van der Waals surface area contributed by atoms with Gasteiger partial charge in [0.05, 0.1) is 6.61 Å². The van der Waals surface area contributed by atoms with Crippen LogP contribution in [0, 0.1) is 0 Å². The van der Waals surface area contributed by atoms with Gasteiger partial charge in [-0.05, 0) is 12.1 Å². The molecule has 13 heavy (non-hydrogen) atoms. The highest BCUT2D eigenvalue weighted by atomic mass is 35.5. The third-order valence-corrected chi connectivity index (χ3v) is 1.75. The summed E-state index contributed by atoms with van der Waals surface area (Å²) in [5.41, 5.74) is 2.19. The largest absolute Gasteiger partial charge is 0.489 e. The van der Waals surface area contributed by atoms with E-state index in [9.17, 15) is 0 Å². The maximum atomic E-state index is 8.95. The molecule has 0 aliphatic carbocycles. The van der Waals surface area contributed by atoms with E-state index >= 15 is 0 Å². The van der Waals surface area contributed by atoms with Crippen molar-refractivity contribution < 1.29 is 9.84 Å². The number of hydrogen-bond donors (Lipinski definition) is 1. The van der Waals surface area contributed by atoms with Crippen molar-refractivity contribution in [2.75, 3.05) is 6.61 Å². The van der Waals surface area contributed by atoms with Gasteiger partial charge in [0.25, 0.3) is 0 Å². The second kappa shape index (κ2) is 5.62. The minimum atomic E-state index is -0.0131. The number of hydrogen-bond acceptors (Lipinski definition) is 2. The van der Waals surface area contributed by atoms with Crippen molar-refractivity contribution in [3.8, 4) is 5.75 Å². The Labute approximate surface area is 82.4 Å². The molecule has 0 fully saturated rings. The van der Waals surface area contributed by atoms with Gasteiger partial charge in [-0.3, -0.25) is 0 Å². The van der Waals surface area contributed by atoms with Crippen LogP contribution in [0.2, 0.25) is 0 Å². The molecule has 0 saturated carbocycles. The lowest BCUT2D eigenvalue weighted by atomic mass is 10.2. The number of para-hydroxylation sites is 1. The molecule has 0 spiro atoms. The molecule has 1 aromatic carbocycles. The van der Waals surface area contributed by atoms with Gasteiger partial charge in [0.2, 0.25) is 0 Å². The maximum absolute atomic E-state index is 8.95. The number of benzene rings is 1. The first-order chi connectivity index (χ1) is 6.38. The van der Waals surface area contributed by atoms with Gasteiger partial charge < -0.3 is 9.84 Å². The van der Waals surface area contributed by atoms with Gasteiger partial charge in [-0.1, -0.05) is 29.8 Å². The van der Waals surface area contributed by atoms with Crippen molar-refractivity contribution in [1.29, 1.82) is 0 Å². The van der Waals surface area contributed by atoms with Gasteiger partial charge in [0, 0.05) is 11.1 Å². The van der Waals surface area contributed by atoms with Crippen molar-refractivity contribution in [3.05, 3.63) is 41.4 Å². The number of ether oxygens (including phenoxy) is 1. The van der Waals surface area contributed by atoms with Crippen molar-refractivity contribution in [3.63, 3.8) is 0 Å². The van der Waals surface area contributed by atoms with Crippen molar-refractivity contribution in [1.82, 2.24) is 0 Å². The molecule has 0 amide bonds. The molecule has 0 atom stereocenters. The van der Waals surface area contributed by atoms with Gasteiger partial charge in [-0.15, -0.1) is 0 Å². The van der Waals surface area contributed by atoms with Gasteiger partial charge >= 0.3 is 0 Å². The Balaban J connectivity index is 2.64. The first kappa shape index (κ1) is 10.1. The minimum absolute atomic E-state index is 0.0131. The lowest BCUT2D eigenvalue weighted by Crippen LogP contribution is -1.96. The van der Waals surface area contributed by atoms with E-state index in [-0.39, 0.29) is 6.61 Å². The predicted molar refractivity (Wildman–Crippen MR) is 52.9 cm³/mol. The highest BCUT2D eigenvalue weighted by molar-refractivity contribution is 6.25. The first-order valence-corrected chi connectivity index (χ1v) is 4.39. The number of rotatable bonds is 4. The molecular formula is C10H11ClO2. The standard InChI is InChI=1S/C10H11ClO2/c11-6-3-7-13-10-5-2-1-4-9(10)8-12/h1-6,12H,7-8H2/b6-3+. The summed E-state index contributed by atoms with van der Waals surface area (Å²) in [7, 11) is 0. The molecule has 1 N–H and O–H groups in total.